The first-order chi connectivity index (χ1) is 13.4. The Balaban J connectivity index is 1.73. The number of benzene rings is 2. The molecule has 1 amide bonds. The van der Waals surface area contributed by atoms with E-state index in [1.54, 1.807) is 32.0 Å². The summed E-state index contributed by atoms with van der Waals surface area (Å²) in [5, 5.41) is 3.89. The molecule has 0 aliphatic rings. The van der Waals surface area contributed by atoms with Gasteiger partial charge in [-0.05, 0) is 42.8 Å². The van der Waals surface area contributed by atoms with Crippen molar-refractivity contribution in [1.29, 1.82) is 0 Å². The number of nitrogens with one attached hydrogen (secondary N) is 1. The molecule has 1 atom stereocenters. The number of rotatable bonds is 10. The van der Waals surface area contributed by atoms with Gasteiger partial charge in [0, 0.05) is 22.9 Å². The molecule has 2 rings (SSSR count). The zero-order valence-electron chi connectivity index (χ0n) is 16.0. The zero-order valence-corrected chi connectivity index (χ0v) is 19.1. The van der Waals surface area contributed by atoms with E-state index in [1.165, 1.54) is 11.8 Å². The van der Waals surface area contributed by atoms with Gasteiger partial charge in [-0.1, -0.05) is 29.3 Å². The molecule has 0 unspecified atom stereocenters. The molecule has 0 spiro atoms. The van der Waals surface area contributed by atoms with Crippen LogP contribution >= 0.6 is 46.7 Å². The van der Waals surface area contributed by atoms with Gasteiger partial charge in [0.1, 0.15) is 0 Å². The number of hydrogen-bond acceptors (Lipinski definition) is 5. The van der Waals surface area contributed by atoms with E-state index in [9.17, 15) is 4.79 Å². The fraction of sp³-hybridized carbons (Fsp3) is 0.350. The lowest BCUT2D eigenvalue weighted by molar-refractivity contribution is -0.120. The number of halogens is 2. The molecule has 0 fully saturated rings. The average Bonchev–Trinajstić information content (AvgIpc) is 2.69. The van der Waals surface area contributed by atoms with Gasteiger partial charge in [-0.15, -0.1) is 11.8 Å². The molecule has 2 aromatic rings. The lowest BCUT2D eigenvalue weighted by atomic mass is 10.2. The van der Waals surface area contributed by atoms with Gasteiger partial charge in [0.2, 0.25) is 5.91 Å². The minimum atomic E-state index is -0.210. The fourth-order valence-electron chi connectivity index (χ4n) is 2.36. The van der Waals surface area contributed by atoms with Crippen molar-refractivity contribution in [2.24, 2.45) is 0 Å². The summed E-state index contributed by atoms with van der Waals surface area (Å²) in [5.41, 5.74) is 1.11. The number of thioether (sulfide) groups is 2. The summed E-state index contributed by atoms with van der Waals surface area (Å²) in [5.74, 6) is 2.97. The molecule has 0 heterocycles. The van der Waals surface area contributed by atoms with Gasteiger partial charge in [-0.25, -0.2) is 0 Å². The summed E-state index contributed by atoms with van der Waals surface area (Å²) in [6.07, 6.45) is 0. The number of carbonyl (C=O) groups is 1. The van der Waals surface area contributed by atoms with Crippen molar-refractivity contribution >= 4 is 52.6 Å². The van der Waals surface area contributed by atoms with E-state index in [2.05, 4.69) is 5.32 Å². The molecule has 0 saturated heterocycles. The Morgan fingerprint density at radius 2 is 1.82 bits per heavy atom. The van der Waals surface area contributed by atoms with Crippen LogP contribution in [-0.2, 0) is 10.5 Å². The quantitative estimate of drug-likeness (QED) is 0.373. The third kappa shape index (κ3) is 6.99. The van der Waals surface area contributed by atoms with E-state index in [4.69, 9.17) is 32.7 Å². The number of hydrogen-bond donors (Lipinski definition) is 1. The summed E-state index contributed by atoms with van der Waals surface area (Å²) in [6.45, 7) is 2.50. The number of amides is 1. The van der Waals surface area contributed by atoms with E-state index in [0.29, 0.717) is 28.1 Å². The average molecular weight is 460 g/mol. The van der Waals surface area contributed by atoms with Gasteiger partial charge in [0.15, 0.2) is 11.5 Å². The van der Waals surface area contributed by atoms with Crippen molar-refractivity contribution in [2.75, 3.05) is 26.5 Å². The third-order valence-corrected chi connectivity index (χ3v) is 6.70. The van der Waals surface area contributed by atoms with E-state index in [-0.39, 0.29) is 11.2 Å². The maximum absolute atomic E-state index is 12.3. The van der Waals surface area contributed by atoms with Crippen molar-refractivity contribution in [2.45, 2.75) is 22.8 Å². The molecule has 28 heavy (non-hydrogen) atoms. The lowest BCUT2D eigenvalue weighted by Crippen LogP contribution is -2.32. The van der Waals surface area contributed by atoms with E-state index < -0.39 is 0 Å². The molecule has 0 bridgehead atoms. The Bertz CT molecular complexity index is 805. The zero-order chi connectivity index (χ0) is 20.5. The van der Waals surface area contributed by atoms with Gasteiger partial charge in [0.05, 0.1) is 29.5 Å². The second-order valence-corrected chi connectivity index (χ2v) is 9.20. The number of ether oxygens (including phenoxy) is 2. The first-order valence-electron chi connectivity index (χ1n) is 8.62. The van der Waals surface area contributed by atoms with Gasteiger partial charge >= 0.3 is 0 Å². The van der Waals surface area contributed by atoms with Crippen molar-refractivity contribution in [3.63, 3.8) is 0 Å². The number of carbonyl (C=O) groups excluding carboxylic acids is 1. The predicted molar refractivity (Wildman–Crippen MR) is 120 cm³/mol. The second-order valence-electron chi connectivity index (χ2n) is 5.87. The molecular weight excluding hydrogens is 437 g/mol. The van der Waals surface area contributed by atoms with Crippen LogP contribution in [0.15, 0.2) is 41.3 Å². The van der Waals surface area contributed by atoms with Gasteiger partial charge < -0.3 is 14.8 Å². The highest BCUT2D eigenvalue weighted by atomic mass is 35.5. The normalized spacial score (nSPS) is 11.8. The minimum absolute atomic E-state index is 0.00919. The molecule has 0 aliphatic heterocycles. The van der Waals surface area contributed by atoms with Crippen molar-refractivity contribution < 1.29 is 14.3 Å². The Labute approximate surface area is 184 Å². The SMILES string of the molecule is COc1ccc(S[C@H](C)C(=O)NCCSCc2ccc(Cl)c(Cl)c2)cc1OC. The topological polar surface area (TPSA) is 47.6 Å². The maximum Gasteiger partial charge on any atom is 0.233 e. The Morgan fingerprint density at radius 1 is 1.07 bits per heavy atom. The van der Waals surface area contributed by atoms with Crippen LogP contribution < -0.4 is 14.8 Å². The second kappa shape index (κ2) is 11.7. The van der Waals surface area contributed by atoms with Gasteiger partial charge in [0.25, 0.3) is 0 Å². The summed E-state index contributed by atoms with van der Waals surface area (Å²) in [6, 6.07) is 11.3. The molecule has 0 aromatic heterocycles. The minimum Gasteiger partial charge on any atom is -0.493 e. The summed E-state index contributed by atoms with van der Waals surface area (Å²) >= 11 is 15.2. The third-order valence-electron chi connectivity index (χ3n) is 3.84. The van der Waals surface area contributed by atoms with Crippen molar-refractivity contribution in [3.05, 3.63) is 52.0 Å². The monoisotopic (exact) mass is 459 g/mol. The van der Waals surface area contributed by atoms with Crippen LogP contribution in [0.25, 0.3) is 0 Å². The highest BCUT2D eigenvalue weighted by Crippen LogP contribution is 2.33. The van der Waals surface area contributed by atoms with Crippen LogP contribution in [0.4, 0.5) is 0 Å². The van der Waals surface area contributed by atoms with Gasteiger partial charge in [-0.2, -0.15) is 11.8 Å². The van der Waals surface area contributed by atoms with Crippen LogP contribution in [0.2, 0.25) is 10.0 Å². The summed E-state index contributed by atoms with van der Waals surface area (Å²) in [4.78, 5) is 13.3. The number of methoxy groups -OCH3 is 2. The van der Waals surface area contributed by atoms with E-state index in [1.807, 2.05) is 37.3 Å². The molecule has 8 heteroatoms. The highest BCUT2D eigenvalue weighted by Gasteiger charge is 2.15. The van der Waals surface area contributed by atoms with Crippen LogP contribution in [0.1, 0.15) is 12.5 Å². The first-order valence-corrected chi connectivity index (χ1v) is 11.4. The van der Waals surface area contributed by atoms with E-state index >= 15 is 0 Å². The highest BCUT2D eigenvalue weighted by molar-refractivity contribution is 8.00. The molecule has 0 saturated carbocycles. The molecular formula is C20H23Cl2NO3S2. The molecule has 4 nitrogen and oxygen atoms in total. The molecule has 2 aromatic carbocycles. The molecule has 0 radical (unpaired) electrons. The van der Waals surface area contributed by atoms with Crippen LogP contribution in [0.3, 0.4) is 0 Å². The Morgan fingerprint density at radius 3 is 2.50 bits per heavy atom. The van der Waals surface area contributed by atoms with E-state index in [0.717, 1.165) is 22.0 Å². The van der Waals surface area contributed by atoms with Crippen molar-refractivity contribution in [1.82, 2.24) is 5.32 Å². The van der Waals surface area contributed by atoms with Crippen LogP contribution in [-0.4, -0.2) is 37.7 Å². The lowest BCUT2D eigenvalue weighted by Gasteiger charge is -2.14. The van der Waals surface area contributed by atoms with Crippen LogP contribution in [0, 0.1) is 0 Å². The Kier molecular flexibility index (Phi) is 9.65. The standard InChI is InChI=1S/C20H23Cl2NO3S2/c1-13(28-15-5-7-18(25-2)19(11-15)26-3)20(24)23-8-9-27-12-14-4-6-16(21)17(22)10-14/h4-7,10-11,13H,8-9,12H2,1-3H3,(H,23,24)/t13-/m1/s1. The van der Waals surface area contributed by atoms with Crippen LogP contribution in [0.5, 0.6) is 11.5 Å². The Hall–Kier alpha value is -1.21. The molecule has 152 valence electrons. The predicted octanol–water partition coefficient (Wildman–Crippen LogP) is 5.54. The largest absolute Gasteiger partial charge is 0.493 e. The fourth-order valence-corrected chi connectivity index (χ4v) is 4.40. The summed E-state index contributed by atoms with van der Waals surface area (Å²) < 4.78 is 10.5. The van der Waals surface area contributed by atoms with Gasteiger partial charge in [-0.3, -0.25) is 4.79 Å². The van der Waals surface area contributed by atoms with Crippen molar-refractivity contribution in [3.8, 4) is 11.5 Å². The molecule has 0 aliphatic carbocycles. The first kappa shape index (κ1) is 23.1. The smallest absolute Gasteiger partial charge is 0.233 e. The maximum atomic E-state index is 12.3. The molecule has 1 N–H and O–H groups in total. The summed E-state index contributed by atoms with van der Waals surface area (Å²) in [7, 11) is 3.19.